The quantitative estimate of drug-likeness (QED) is 0.582. The van der Waals surface area contributed by atoms with Crippen molar-refractivity contribution in [3.63, 3.8) is 0 Å². The fourth-order valence-corrected chi connectivity index (χ4v) is 3.60. The minimum Gasteiger partial charge on any atom is -0.463 e. The lowest BCUT2D eigenvalue weighted by Crippen LogP contribution is -1.98. The molecule has 3 aromatic heterocycles. The van der Waals surface area contributed by atoms with Crippen LogP contribution in [0.4, 0.5) is 5.82 Å². The Balaban J connectivity index is 2.01. The molecule has 0 unspecified atom stereocenters. The molecular formula is C18H11N3OS. The Morgan fingerprint density at radius 3 is 2.74 bits per heavy atom. The molecule has 23 heavy (non-hydrogen) atoms. The number of hydrogen-bond donors (Lipinski definition) is 1. The van der Waals surface area contributed by atoms with Gasteiger partial charge in [-0.1, -0.05) is 18.2 Å². The average Bonchev–Trinajstić information content (AvgIpc) is 3.23. The second-order valence-electron chi connectivity index (χ2n) is 5.05. The van der Waals surface area contributed by atoms with E-state index in [-0.39, 0.29) is 5.82 Å². The summed E-state index contributed by atoms with van der Waals surface area (Å²) in [5, 5.41) is 10.4. The molecule has 110 valence electrons. The van der Waals surface area contributed by atoms with Gasteiger partial charge in [-0.2, -0.15) is 5.26 Å². The second kappa shape index (κ2) is 5.27. The third-order valence-electron chi connectivity index (χ3n) is 3.62. The summed E-state index contributed by atoms with van der Waals surface area (Å²) in [5.41, 5.74) is 7.76. The molecular weight excluding hydrogens is 306 g/mol. The van der Waals surface area contributed by atoms with Gasteiger partial charge in [0.05, 0.1) is 11.8 Å². The number of thiophene rings is 1. The van der Waals surface area contributed by atoms with Crippen LogP contribution in [0.5, 0.6) is 0 Å². The number of rotatable bonds is 2. The smallest absolute Gasteiger partial charge is 0.152 e. The molecule has 3 heterocycles. The molecule has 5 heteroatoms. The van der Waals surface area contributed by atoms with E-state index in [1.54, 1.807) is 29.7 Å². The highest BCUT2D eigenvalue weighted by molar-refractivity contribution is 7.22. The van der Waals surface area contributed by atoms with E-state index in [0.29, 0.717) is 17.0 Å². The van der Waals surface area contributed by atoms with Gasteiger partial charge in [0, 0.05) is 15.1 Å². The summed E-state index contributed by atoms with van der Waals surface area (Å²) in [6.45, 7) is 0. The number of aromatic nitrogens is 1. The molecule has 0 saturated carbocycles. The van der Waals surface area contributed by atoms with Crippen molar-refractivity contribution >= 4 is 27.2 Å². The first-order valence-electron chi connectivity index (χ1n) is 6.99. The molecule has 0 fully saturated rings. The molecule has 0 atom stereocenters. The van der Waals surface area contributed by atoms with E-state index in [9.17, 15) is 5.26 Å². The minimum atomic E-state index is 0.212. The second-order valence-corrected chi connectivity index (χ2v) is 6.14. The first-order chi connectivity index (χ1) is 11.3. The van der Waals surface area contributed by atoms with Crippen molar-refractivity contribution in [2.45, 2.75) is 0 Å². The Kier molecular flexibility index (Phi) is 3.11. The number of furan rings is 1. The standard InChI is InChI=1S/C18H11N3OS/c19-10-12-8-13(16-9-11-4-1-2-6-15(11)23-16)17(21-18(12)20)14-5-3-7-22-14/h1-9H,(H2,20,21). The molecule has 4 rings (SSSR count). The zero-order chi connectivity index (χ0) is 15.8. The number of fused-ring (bicyclic) bond motifs is 1. The van der Waals surface area contributed by atoms with Crippen LogP contribution >= 0.6 is 11.3 Å². The molecule has 0 amide bonds. The van der Waals surface area contributed by atoms with Crippen LogP contribution in [-0.2, 0) is 0 Å². The van der Waals surface area contributed by atoms with Gasteiger partial charge in [0.1, 0.15) is 17.6 Å². The number of hydrogen-bond acceptors (Lipinski definition) is 5. The van der Waals surface area contributed by atoms with Crippen LogP contribution in [0.25, 0.3) is 32.0 Å². The zero-order valence-corrected chi connectivity index (χ0v) is 12.8. The lowest BCUT2D eigenvalue weighted by atomic mass is 10.1. The monoisotopic (exact) mass is 317 g/mol. The number of nitriles is 1. The molecule has 4 aromatic rings. The lowest BCUT2D eigenvalue weighted by molar-refractivity contribution is 0.580. The van der Waals surface area contributed by atoms with Gasteiger partial charge in [0.2, 0.25) is 0 Å². The number of nitrogen functional groups attached to an aromatic ring is 1. The summed E-state index contributed by atoms with van der Waals surface area (Å²) in [7, 11) is 0. The van der Waals surface area contributed by atoms with Crippen LogP contribution in [0.2, 0.25) is 0 Å². The van der Waals surface area contributed by atoms with E-state index < -0.39 is 0 Å². The maximum absolute atomic E-state index is 9.26. The van der Waals surface area contributed by atoms with E-state index in [0.717, 1.165) is 15.8 Å². The van der Waals surface area contributed by atoms with Crippen LogP contribution in [0.1, 0.15) is 5.56 Å². The summed E-state index contributed by atoms with van der Waals surface area (Å²) < 4.78 is 6.67. The van der Waals surface area contributed by atoms with Crippen LogP contribution in [0.15, 0.2) is 59.2 Å². The highest BCUT2D eigenvalue weighted by Crippen LogP contribution is 2.39. The fourth-order valence-electron chi connectivity index (χ4n) is 2.52. The molecule has 0 aliphatic carbocycles. The van der Waals surface area contributed by atoms with Crippen molar-refractivity contribution < 1.29 is 4.42 Å². The van der Waals surface area contributed by atoms with Gasteiger partial charge in [-0.25, -0.2) is 4.98 Å². The number of anilines is 1. The highest BCUT2D eigenvalue weighted by atomic mass is 32.1. The maximum atomic E-state index is 9.26. The number of nitrogens with zero attached hydrogens (tertiary/aromatic N) is 2. The van der Waals surface area contributed by atoms with Crippen LogP contribution in [0, 0.1) is 11.3 Å². The Hall–Kier alpha value is -3.10. The van der Waals surface area contributed by atoms with Crippen LogP contribution in [-0.4, -0.2) is 4.98 Å². The highest BCUT2D eigenvalue weighted by Gasteiger charge is 2.17. The van der Waals surface area contributed by atoms with Crippen molar-refractivity contribution in [1.82, 2.24) is 4.98 Å². The normalized spacial score (nSPS) is 10.7. The molecule has 2 N–H and O–H groups in total. The molecule has 1 aromatic carbocycles. The third kappa shape index (κ3) is 2.26. The molecule has 0 radical (unpaired) electrons. The van der Waals surface area contributed by atoms with E-state index in [2.05, 4.69) is 29.3 Å². The molecule has 0 spiro atoms. The Bertz CT molecular complexity index is 1010. The maximum Gasteiger partial charge on any atom is 0.152 e. The summed E-state index contributed by atoms with van der Waals surface area (Å²) >= 11 is 1.65. The van der Waals surface area contributed by atoms with E-state index in [1.807, 2.05) is 18.2 Å². The van der Waals surface area contributed by atoms with Gasteiger partial charge in [-0.3, -0.25) is 0 Å². The zero-order valence-electron chi connectivity index (χ0n) is 12.0. The van der Waals surface area contributed by atoms with Crippen molar-refractivity contribution in [1.29, 1.82) is 5.26 Å². The predicted octanol–water partition coefficient (Wildman–Crippen LogP) is 4.68. The van der Waals surface area contributed by atoms with Crippen molar-refractivity contribution in [2.24, 2.45) is 0 Å². The van der Waals surface area contributed by atoms with Gasteiger partial charge in [0.25, 0.3) is 0 Å². The largest absolute Gasteiger partial charge is 0.463 e. The number of pyridine rings is 1. The van der Waals surface area contributed by atoms with Crippen LogP contribution in [0.3, 0.4) is 0 Å². The van der Waals surface area contributed by atoms with Crippen molar-refractivity contribution in [2.75, 3.05) is 5.73 Å². The minimum absolute atomic E-state index is 0.212. The van der Waals surface area contributed by atoms with Gasteiger partial charge in [-0.05, 0) is 35.7 Å². The molecule has 0 aliphatic rings. The third-order valence-corrected chi connectivity index (χ3v) is 4.77. The summed E-state index contributed by atoms with van der Waals surface area (Å²) in [5.74, 6) is 0.845. The van der Waals surface area contributed by atoms with Crippen LogP contribution < -0.4 is 5.73 Å². The molecule has 0 saturated heterocycles. The van der Waals surface area contributed by atoms with E-state index >= 15 is 0 Å². The van der Waals surface area contributed by atoms with E-state index in [1.165, 1.54) is 4.70 Å². The van der Waals surface area contributed by atoms with E-state index in [4.69, 9.17) is 10.2 Å². The summed E-state index contributed by atoms with van der Waals surface area (Å²) in [4.78, 5) is 5.43. The van der Waals surface area contributed by atoms with Gasteiger partial charge in [0.15, 0.2) is 5.76 Å². The SMILES string of the molecule is N#Cc1cc(-c2cc3ccccc3s2)c(-c2ccco2)nc1N. The first-order valence-corrected chi connectivity index (χ1v) is 7.81. The number of benzene rings is 1. The summed E-state index contributed by atoms with van der Waals surface area (Å²) in [6, 6.07) is 17.8. The molecule has 0 bridgehead atoms. The van der Waals surface area contributed by atoms with Crippen molar-refractivity contribution in [3.8, 4) is 28.0 Å². The van der Waals surface area contributed by atoms with Gasteiger partial charge in [-0.15, -0.1) is 11.3 Å². The molecule has 0 aliphatic heterocycles. The summed E-state index contributed by atoms with van der Waals surface area (Å²) in [6.07, 6.45) is 1.60. The van der Waals surface area contributed by atoms with Gasteiger partial charge >= 0.3 is 0 Å². The predicted molar refractivity (Wildman–Crippen MR) is 91.9 cm³/mol. The Morgan fingerprint density at radius 1 is 1.13 bits per heavy atom. The Labute approximate surface area is 136 Å². The topological polar surface area (TPSA) is 75.8 Å². The fraction of sp³-hybridized carbons (Fsp3) is 0. The number of nitrogens with two attached hydrogens (primary N) is 1. The molecule has 4 nitrogen and oxygen atoms in total. The lowest BCUT2D eigenvalue weighted by Gasteiger charge is -2.07. The Morgan fingerprint density at radius 2 is 2.00 bits per heavy atom. The first kappa shape index (κ1) is 13.6. The average molecular weight is 317 g/mol. The van der Waals surface area contributed by atoms with Crippen molar-refractivity contribution in [3.05, 3.63) is 60.4 Å². The van der Waals surface area contributed by atoms with Gasteiger partial charge < -0.3 is 10.2 Å².